The van der Waals surface area contributed by atoms with Crippen LogP contribution >= 0.6 is 0 Å². The van der Waals surface area contributed by atoms with E-state index in [2.05, 4.69) is 33.8 Å². The van der Waals surface area contributed by atoms with Crippen molar-refractivity contribution < 1.29 is 9.15 Å². The van der Waals surface area contributed by atoms with E-state index in [0.717, 1.165) is 13.1 Å². The Kier molecular flexibility index (Phi) is 6.45. The molecule has 0 amide bonds. The molecule has 0 aromatic carbocycles. The van der Waals surface area contributed by atoms with Crippen LogP contribution in [-0.4, -0.2) is 54.4 Å². The Labute approximate surface area is 127 Å². The quantitative estimate of drug-likeness (QED) is 0.734. The first-order chi connectivity index (χ1) is 10.3. The van der Waals surface area contributed by atoms with Gasteiger partial charge in [-0.2, -0.15) is 0 Å². The molecule has 0 bridgehead atoms. The molecule has 0 spiro atoms. The number of rotatable bonds is 8. The molecule has 0 aliphatic carbocycles. The standard InChI is InChI=1S/C15H28N4O2/c1-4-8-18(9-5-2)13-6-10-19(11-7-13)15-17-16-14(21-15)12-20-3/h13H,4-12H2,1-3H3. The first kappa shape index (κ1) is 16.2. The summed E-state index contributed by atoms with van der Waals surface area (Å²) in [6.07, 6.45) is 4.79. The summed E-state index contributed by atoms with van der Waals surface area (Å²) in [5, 5.41) is 8.12. The largest absolute Gasteiger partial charge is 0.405 e. The maximum atomic E-state index is 5.62. The first-order valence-electron chi connectivity index (χ1n) is 8.08. The van der Waals surface area contributed by atoms with Gasteiger partial charge in [0.2, 0.25) is 5.89 Å². The van der Waals surface area contributed by atoms with E-state index in [4.69, 9.17) is 9.15 Å². The highest BCUT2D eigenvalue weighted by Gasteiger charge is 2.26. The van der Waals surface area contributed by atoms with Crippen molar-refractivity contribution in [3.63, 3.8) is 0 Å². The van der Waals surface area contributed by atoms with Crippen LogP contribution < -0.4 is 4.90 Å². The maximum Gasteiger partial charge on any atom is 0.318 e. The summed E-state index contributed by atoms with van der Waals surface area (Å²) < 4.78 is 10.6. The molecule has 1 aliphatic rings. The van der Waals surface area contributed by atoms with E-state index in [1.807, 2.05) is 0 Å². The predicted molar refractivity (Wildman–Crippen MR) is 82.4 cm³/mol. The van der Waals surface area contributed by atoms with Crippen molar-refractivity contribution >= 4 is 6.01 Å². The molecular formula is C15H28N4O2. The van der Waals surface area contributed by atoms with Gasteiger partial charge in [-0.1, -0.05) is 18.9 Å². The zero-order valence-electron chi connectivity index (χ0n) is 13.5. The van der Waals surface area contributed by atoms with Gasteiger partial charge in [-0.15, -0.1) is 5.10 Å². The van der Waals surface area contributed by atoms with Crippen LogP contribution in [0.2, 0.25) is 0 Å². The number of anilines is 1. The van der Waals surface area contributed by atoms with Gasteiger partial charge in [-0.05, 0) is 38.8 Å². The number of hydrogen-bond donors (Lipinski definition) is 0. The molecule has 0 atom stereocenters. The Morgan fingerprint density at radius 2 is 1.86 bits per heavy atom. The number of methoxy groups -OCH3 is 1. The van der Waals surface area contributed by atoms with Crippen LogP contribution in [0, 0.1) is 0 Å². The topological polar surface area (TPSA) is 54.6 Å². The Bertz CT molecular complexity index is 396. The lowest BCUT2D eigenvalue weighted by molar-refractivity contribution is 0.157. The van der Waals surface area contributed by atoms with Gasteiger partial charge in [0.05, 0.1) is 0 Å². The lowest BCUT2D eigenvalue weighted by Crippen LogP contribution is -2.45. The minimum Gasteiger partial charge on any atom is -0.405 e. The smallest absolute Gasteiger partial charge is 0.318 e. The first-order valence-corrected chi connectivity index (χ1v) is 8.08. The Morgan fingerprint density at radius 3 is 2.43 bits per heavy atom. The normalized spacial score (nSPS) is 16.9. The molecule has 6 heteroatoms. The second kappa shape index (κ2) is 8.34. The van der Waals surface area contributed by atoms with Crippen LogP contribution in [0.3, 0.4) is 0 Å². The van der Waals surface area contributed by atoms with E-state index in [1.165, 1.54) is 38.8 Å². The third-order valence-electron chi connectivity index (χ3n) is 4.00. The van der Waals surface area contributed by atoms with Crippen molar-refractivity contribution in [1.29, 1.82) is 0 Å². The second-order valence-electron chi connectivity index (χ2n) is 5.67. The van der Waals surface area contributed by atoms with Gasteiger partial charge in [0, 0.05) is 26.2 Å². The van der Waals surface area contributed by atoms with Crippen LogP contribution in [0.1, 0.15) is 45.4 Å². The molecule has 0 unspecified atom stereocenters. The third-order valence-corrected chi connectivity index (χ3v) is 4.00. The third kappa shape index (κ3) is 4.41. The van der Waals surface area contributed by atoms with E-state index in [-0.39, 0.29) is 0 Å². The minimum absolute atomic E-state index is 0.379. The van der Waals surface area contributed by atoms with Crippen LogP contribution in [0.25, 0.3) is 0 Å². The summed E-state index contributed by atoms with van der Waals surface area (Å²) in [4.78, 5) is 4.83. The van der Waals surface area contributed by atoms with Crippen LogP contribution in [0.4, 0.5) is 6.01 Å². The molecule has 2 rings (SSSR count). The summed E-state index contributed by atoms with van der Waals surface area (Å²) in [7, 11) is 1.63. The summed E-state index contributed by atoms with van der Waals surface area (Å²) >= 11 is 0. The molecule has 1 aromatic heterocycles. The molecule has 1 aromatic rings. The second-order valence-corrected chi connectivity index (χ2v) is 5.67. The Hall–Kier alpha value is -1.14. The highest BCUT2D eigenvalue weighted by molar-refractivity contribution is 5.25. The molecule has 1 fully saturated rings. The number of ether oxygens (including phenoxy) is 1. The monoisotopic (exact) mass is 296 g/mol. The van der Waals surface area contributed by atoms with Gasteiger partial charge in [0.25, 0.3) is 0 Å². The maximum absolute atomic E-state index is 5.62. The van der Waals surface area contributed by atoms with Gasteiger partial charge in [0.1, 0.15) is 6.61 Å². The fraction of sp³-hybridized carbons (Fsp3) is 0.867. The van der Waals surface area contributed by atoms with E-state index in [0.29, 0.717) is 24.6 Å². The zero-order valence-corrected chi connectivity index (χ0v) is 13.5. The lowest BCUT2D eigenvalue weighted by atomic mass is 10.0. The Morgan fingerprint density at radius 1 is 1.19 bits per heavy atom. The fourth-order valence-corrected chi connectivity index (χ4v) is 3.03. The molecule has 0 saturated carbocycles. The molecule has 2 heterocycles. The molecule has 0 radical (unpaired) electrons. The summed E-state index contributed by atoms with van der Waals surface area (Å²) in [5.74, 6) is 0.549. The summed E-state index contributed by atoms with van der Waals surface area (Å²) in [5.41, 5.74) is 0. The SMILES string of the molecule is CCCN(CCC)C1CCN(c2nnc(COC)o2)CC1. The van der Waals surface area contributed by atoms with Crippen molar-refractivity contribution in [1.82, 2.24) is 15.1 Å². The highest BCUT2D eigenvalue weighted by atomic mass is 16.5. The van der Waals surface area contributed by atoms with Gasteiger partial charge in [-0.3, -0.25) is 0 Å². The van der Waals surface area contributed by atoms with Crippen molar-refractivity contribution in [3.8, 4) is 0 Å². The molecule has 6 nitrogen and oxygen atoms in total. The summed E-state index contributed by atoms with van der Waals surface area (Å²) in [6.45, 7) is 9.28. The number of hydrogen-bond acceptors (Lipinski definition) is 6. The van der Waals surface area contributed by atoms with Crippen molar-refractivity contribution in [2.24, 2.45) is 0 Å². The average Bonchev–Trinajstić information content (AvgIpc) is 2.96. The van der Waals surface area contributed by atoms with Crippen LogP contribution in [-0.2, 0) is 11.3 Å². The zero-order chi connectivity index (χ0) is 15.1. The van der Waals surface area contributed by atoms with Crippen molar-refractivity contribution in [3.05, 3.63) is 5.89 Å². The van der Waals surface area contributed by atoms with Gasteiger partial charge >= 0.3 is 6.01 Å². The van der Waals surface area contributed by atoms with E-state index in [9.17, 15) is 0 Å². The van der Waals surface area contributed by atoms with Gasteiger partial charge in [0.15, 0.2) is 0 Å². The fourth-order valence-electron chi connectivity index (χ4n) is 3.03. The predicted octanol–water partition coefficient (Wildman–Crippen LogP) is 2.31. The van der Waals surface area contributed by atoms with E-state index >= 15 is 0 Å². The van der Waals surface area contributed by atoms with Gasteiger partial charge < -0.3 is 19.0 Å². The number of aromatic nitrogens is 2. The van der Waals surface area contributed by atoms with E-state index in [1.54, 1.807) is 7.11 Å². The van der Waals surface area contributed by atoms with Gasteiger partial charge in [-0.25, -0.2) is 0 Å². The highest BCUT2D eigenvalue weighted by Crippen LogP contribution is 2.22. The lowest BCUT2D eigenvalue weighted by Gasteiger charge is -2.37. The minimum atomic E-state index is 0.379. The van der Waals surface area contributed by atoms with Crippen molar-refractivity contribution in [2.75, 3.05) is 38.2 Å². The average molecular weight is 296 g/mol. The van der Waals surface area contributed by atoms with E-state index < -0.39 is 0 Å². The molecule has 120 valence electrons. The molecule has 1 aliphatic heterocycles. The molecule has 1 saturated heterocycles. The van der Waals surface area contributed by atoms with Crippen LogP contribution in [0.5, 0.6) is 0 Å². The number of piperidine rings is 1. The van der Waals surface area contributed by atoms with Crippen molar-refractivity contribution in [2.45, 2.75) is 52.2 Å². The number of nitrogens with zero attached hydrogens (tertiary/aromatic N) is 4. The van der Waals surface area contributed by atoms with Crippen LogP contribution in [0.15, 0.2) is 4.42 Å². The summed E-state index contributed by atoms with van der Waals surface area (Å²) in [6, 6.07) is 1.33. The molecule has 0 N–H and O–H groups in total. The molecular weight excluding hydrogens is 268 g/mol. The molecule has 21 heavy (non-hydrogen) atoms. The Balaban J connectivity index is 1.86.